The van der Waals surface area contributed by atoms with Crippen molar-refractivity contribution in [2.24, 2.45) is 0 Å². The van der Waals surface area contributed by atoms with Crippen molar-refractivity contribution in [3.8, 4) is 0 Å². The standard InChI is InChI=1S/C6H11F2NO/c1-2-6(10)9-4-3-5(7)8/h5H,2-4H2,1H3,(H,9,10). The number of rotatable bonds is 4. The van der Waals surface area contributed by atoms with Gasteiger partial charge in [-0.1, -0.05) is 6.92 Å². The molecule has 1 amide bonds. The van der Waals surface area contributed by atoms with Crippen molar-refractivity contribution in [1.82, 2.24) is 5.32 Å². The van der Waals surface area contributed by atoms with Crippen LogP contribution in [-0.4, -0.2) is 18.9 Å². The molecule has 0 saturated heterocycles. The van der Waals surface area contributed by atoms with Crippen LogP contribution < -0.4 is 5.32 Å². The molecule has 2 nitrogen and oxygen atoms in total. The van der Waals surface area contributed by atoms with E-state index in [1.54, 1.807) is 6.92 Å². The van der Waals surface area contributed by atoms with E-state index in [4.69, 9.17) is 0 Å². The van der Waals surface area contributed by atoms with Gasteiger partial charge in [-0.2, -0.15) is 0 Å². The molecule has 1 N–H and O–H groups in total. The summed E-state index contributed by atoms with van der Waals surface area (Å²) in [5, 5.41) is 2.34. The Morgan fingerprint density at radius 3 is 2.60 bits per heavy atom. The van der Waals surface area contributed by atoms with E-state index >= 15 is 0 Å². The molecule has 60 valence electrons. The maximum Gasteiger partial charge on any atom is 0.240 e. The Morgan fingerprint density at radius 2 is 2.20 bits per heavy atom. The summed E-state index contributed by atoms with van der Waals surface area (Å²) in [5.74, 6) is -0.180. The fourth-order valence-electron chi connectivity index (χ4n) is 0.446. The van der Waals surface area contributed by atoms with Gasteiger partial charge in [0.15, 0.2) is 0 Å². The Kier molecular flexibility index (Phi) is 4.80. The van der Waals surface area contributed by atoms with Gasteiger partial charge in [0.1, 0.15) is 0 Å². The minimum Gasteiger partial charge on any atom is -0.356 e. The molecule has 0 aliphatic heterocycles. The molecule has 0 rings (SSSR count). The molecule has 0 spiro atoms. The Balaban J connectivity index is 3.12. The van der Waals surface area contributed by atoms with E-state index in [9.17, 15) is 13.6 Å². The minimum absolute atomic E-state index is 0.0737. The number of hydrogen-bond donors (Lipinski definition) is 1. The maximum atomic E-state index is 11.4. The fourth-order valence-corrected chi connectivity index (χ4v) is 0.446. The quantitative estimate of drug-likeness (QED) is 0.642. The number of halogens is 2. The van der Waals surface area contributed by atoms with Crippen molar-refractivity contribution >= 4 is 5.91 Å². The lowest BCUT2D eigenvalue weighted by atomic mass is 10.4. The zero-order valence-corrected chi connectivity index (χ0v) is 5.86. The van der Waals surface area contributed by atoms with Gasteiger partial charge in [-0.25, -0.2) is 8.78 Å². The summed E-state index contributed by atoms with van der Waals surface area (Å²) >= 11 is 0. The summed E-state index contributed by atoms with van der Waals surface area (Å²) in [5.41, 5.74) is 0. The number of nitrogens with one attached hydrogen (secondary N) is 1. The molecule has 0 heterocycles. The molecule has 0 aliphatic rings. The van der Waals surface area contributed by atoms with Crippen LogP contribution in [0.15, 0.2) is 0 Å². The first-order chi connectivity index (χ1) is 4.66. The van der Waals surface area contributed by atoms with Gasteiger partial charge in [0, 0.05) is 19.4 Å². The second kappa shape index (κ2) is 5.14. The zero-order valence-electron chi connectivity index (χ0n) is 5.86. The first-order valence-electron chi connectivity index (χ1n) is 3.21. The summed E-state index contributed by atoms with van der Waals surface area (Å²) in [6, 6.07) is 0. The van der Waals surface area contributed by atoms with Crippen LogP contribution in [0.2, 0.25) is 0 Å². The predicted molar refractivity (Wildman–Crippen MR) is 33.9 cm³/mol. The summed E-state index contributed by atoms with van der Waals surface area (Å²) in [4.78, 5) is 10.4. The van der Waals surface area contributed by atoms with Crippen molar-refractivity contribution in [3.05, 3.63) is 0 Å². The topological polar surface area (TPSA) is 29.1 Å². The first-order valence-corrected chi connectivity index (χ1v) is 3.21. The van der Waals surface area contributed by atoms with Crippen LogP contribution in [-0.2, 0) is 4.79 Å². The largest absolute Gasteiger partial charge is 0.356 e. The van der Waals surface area contributed by atoms with Crippen molar-refractivity contribution in [2.75, 3.05) is 6.54 Å². The van der Waals surface area contributed by atoms with E-state index in [-0.39, 0.29) is 18.9 Å². The average Bonchev–Trinajstić information content (AvgIpc) is 1.87. The molecule has 10 heavy (non-hydrogen) atoms. The van der Waals surface area contributed by atoms with Gasteiger partial charge in [0.25, 0.3) is 0 Å². The van der Waals surface area contributed by atoms with Gasteiger partial charge in [0.05, 0.1) is 0 Å². The smallest absolute Gasteiger partial charge is 0.240 e. The first kappa shape index (κ1) is 9.33. The molecule has 0 radical (unpaired) electrons. The molecule has 0 fully saturated rings. The molecule has 0 atom stereocenters. The maximum absolute atomic E-state index is 11.4. The second-order valence-electron chi connectivity index (χ2n) is 1.88. The molecule has 0 bridgehead atoms. The fraction of sp³-hybridized carbons (Fsp3) is 0.833. The molecule has 0 aromatic heterocycles. The Hall–Kier alpha value is -0.670. The van der Waals surface area contributed by atoms with E-state index in [0.29, 0.717) is 6.42 Å². The number of carbonyl (C=O) groups excluding carboxylic acids is 1. The van der Waals surface area contributed by atoms with E-state index in [2.05, 4.69) is 5.32 Å². The lowest BCUT2D eigenvalue weighted by molar-refractivity contribution is -0.120. The summed E-state index contributed by atoms with van der Waals surface area (Å²) in [7, 11) is 0. The number of alkyl halides is 2. The molecule has 0 unspecified atom stereocenters. The van der Waals surface area contributed by atoms with E-state index < -0.39 is 6.43 Å². The van der Waals surface area contributed by atoms with Gasteiger partial charge >= 0.3 is 0 Å². The Morgan fingerprint density at radius 1 is 1.60 bits per heavy atom. The molecular formula is C6H11F2NO. The normalized spacial score (nSPS) is 10.0. The van der Waals surface area contributed by atoms with Gasteiger partial charge in [0.2, 0.25) is 12.3 Å². The molecule has 0 aliphatic carbocycles. The molecule has 4 heteroatoms. The average molecular weight is 151 g/mol. The summed E-state index contributed by atoms with van der Waals surface area (Å²) < 4.78 is 22.9. The van der Waals surface area contributed by atoms with Crippen LogP contribution in [0.25, 0.3) is 0 Å². The second-order valence-corrected chi connectivity index (χ2v) is 1.88. The van der Waals surface area contributed by atoms with Crippen molar-refractivity contribution in [1.29, 1.82) is 0 Å². The van der Waals surface area contributed by atoms with Crippen molar-refractivity contribution < 1.29 is 13.6 Å². The lowest BCUT2D eigenvalue weighted by Gasteiger charge is -2.00. The monoisotopic (exact) mass is 151 g/mol. The van der Waals surface area contributed by atoms with Crippen molar-refractivity contribution in [2.45, 2.75) is 26.2 Å². The Bertz CT molecular complexity index is 106. The van der Waals surface area contributed by atoms with Gasteiger partial charge < -0.3 is 5.32 Å². The van der Waals surface area contributed by atoms with Gasteiger partial charge in [-0.05, 0) is 0 Å². The SMILES string of the molecule is CCC(=O)NCCC(F)F. The van der Waals surface area contributed by atoms with Crippen LogP contribution in [0.5, 0.6) is 0 Å². The lowest BCUT2D eigenvalue weighted by Crippen LogP contribution is -2.24. The predicted octanol–water partition coefficient (Wildman–Crippen LogP) is 1.17. The third-order valence-corrected chi connectivity index (χ3v) is 1.01. The van der Waals surface area contributed by atoms with E-state index in [1.165, 1.54) is 0 Å². The van der Waals surface area contributed by atoms with Gasteiger partial charge in [-0.3, -0.25) is 4.79 Å². The summed E-state index contributed by atoms with van der Waals surface area (Å²) in [6.07, 6.45) is -2.23. The molecule has 0 aromatic rings. The van der Waals surface area contributed by atoms with Crippen molar-refractivity contribution in [3.63, 3.8) is 0 Å². The van der Waals surface area contributed by atoms with Gasteiger partial charge in [-0.15, -0.1) is 0 Å². The summed E-state index contributed by atoms with van der Waals surface area (Å²) in [6.45, 7) is 1.75. The van der Waals surface area contributed by atoms with Crippen LogP contribution in [0.3, 0.4) is 0 Å². The number of amides is 1. The van der Waals surface area contributed by atoms with Crippen LogP contribution in [0.4, 0.5) is 8.78 Å². The zero-order chi connectivity index (χ0) is 7.98. The highest BCUT2D eigenvalue weighted by molar-refractivity contribution is 5.75. The highest BCUT2D eigenvalue weighted by Crippen LogP contribution is 1.95. The highest BCUT2D eigenvalue weighted by atomic mass is 19.3. The minimum atomic E-state index is -2.32. The van der Waals surface area contributed by atoms with Crippen LogP contribution >= 0.6 is 0 Å². The highest BCUT2D eigenvalue weighted by Gasteiger charge is 2.02. The molecule has 0 saturated carbocycles. The third-order valence-electron chi connectivity index (χ3n) is 1.01. The van der Waals surface area contributed by atoms with E-state index in [1.807, 2.05) is 0 Å². The number of carbonyl (C=O) groups is 1. The van der Waals surface area contributed by atoms with E-state index in [0.717, 1.165) is 0 Å². The number of hydrogen-bond acceptors (Lipinski definition) is 1. The molecular weight excluding hydrogens is 140 g/mol. The molecule has 0 aromatic carbocycles. The Labute approximate surface area is 58.6 Å². The van der Waals surface area contributed by atoms with Crippen LogP contribution in [0, 0.1) is 0 Å². The van der Waals surface area contributed by atoms with Crippen LogP contribution in [0.1, 0.15) is 19.8 Å². The third kappa shape index (κ3) is 5.47.